The average molecular weight is 448 g/mol. The summed E-state index contributed by atoms with van der Waals surface area (Å²) < 4.78 is 32.5. The van der Waals surface area contributed by atoms with Crippen molar-refractivity contribution in [2.75, 3.05) is 18.4 Å². The van der Waals surface area contributed by atoms with Gasteiger partial charge >= 0.3 is 0 Å². The third-order valence-corrected chi connectivity index (χ3v) is 7.99. The molecule has 30 heavy (non-hydrogen) atoms. The first-order chi connectivity index (χ1) is 14.4. The molecule has 1 N–H and O–H groups in total. The minimum Gasteiger partial charge on any atom is -0.360 e. The van der Waals surface area contributed by atoms with Crippen LogP contribution in [0.4, 0.5) is 5.13 Å². The van der Waals surface area contributed by atoms with Crippen molar-refractivity contribution in [2.24, 2.45) is 5.92 Å². The number of aromatic nitrogens is 3. The number of anilines is 1. The fraction of sp³-hybridized carbons (Fsp3) is 0.368. The molecule has 1 atom stereocenters. The van der Waals surface area contributed by atoms with E-state index < -0.39 is 15.9 Å². The molecule has 1 saturated heterocycles. The summed E-state index contributed by atoms with van der Waals surface area (Å²) in [5.41, 5.74) is 1.24. The molecule has 0 spiro atoms. The van der Waals surface area contributed by atoms with Crippen LogP contribution in [0.1, 0.15) is 24.3 Å². The monoisotopic (exact) mass is 447 g/mol. The van der Waals surface area contributed by atoms with Crippen LogP contribution in [0.15, 0.2) is 39.8 Å². The lowest BCUT2D eigenvalue weighted by molar-refractivity contribution is -0.120. The van der Waals surface area contributed by atoms with Crippen LogP contribution < -0.4 is 5.32 Å². The van der Waals surface area contributed by atoms with Crippen molar-refractivity contribution in [2.45, 2.75) is 31.6 Å². The summed E-state index contributed by atoms with van der Waals surface area (Å²) in [6.45, 7) is 3.62. The molecule has 0 saturated carbocycles. The minimum atomic E-state index is -3.78. The Morgan fingerprint density at radius 2 is 2.00 bits per heavy atom. The Morgan fingerprint density at radius 3 is 2.70 bits per heavy atom. The van der Waals surface area contributed by atoms with Crippen LogP contribution in [0.5, 0.6) is 0 Å². The van der Waals surface area contributed by atoms with Gasteiger partial charge in [0, 0.05) is 18.7 Å². The van der Waals surface area contributed by atoms with Crippen LogP contribution in [-0.2, 0) is 14.8 Å². The highest BCUT2D eigenvalue weighted by molar-refractivity contribution is 7.89. The number of aryl methyl sites for hydroxylation is 2. The largest absolute Gasteiger partial charge is 0.360 e. The van der Waals surface area contributed by atoms with E-state index in [-0.39, 0.29) is 23.1 Å². The Balaban J connectivity index is 1.46. The number of sulfonamides is 1. The van der Waals surface area contributed by atoms with Gasteiger partial charge in [0.15, 0.2) is 5.76 Å². The predicted molar refractivity (Wildman–Crippen MR) is 111 cm³/mol. The van der Waals surface area contributed by atoms with Gasteiger partial charge in [-0.25, -0.2) is 8.42 Å². The number of carbonyl (C=O) groups excluding carboxylic acids is 1. The molecular formula is C19H21N5O4S2. The number of hydrogen-bond acceptors (Lipinski definition) is 8. The lowest BCUT2D eigenvalue weighted by Crippen LogP contribution is -2.43. The summed E-state index contributed by atoms with van der Waals surface area (Å²) in [5, 5.41) is 15.8. The molecule has 4 rings (SSSR count). The number of nitrogens with zero attached hydrogens (tertiary/aromatic N) is 4. The molecule has 3 aromatic rings. The Hall–Kier alpha value is -2.63. The van der Waals surface area contributed by atoms with Crippen molar-refractivity contribution in [3.8, 4) is 10.6 Å². The van der Waals surface area contributed by atoms with Crippen molar-refractivity contribution >= 4 is 32.4 Å². The van der Waals surface area contributed by atoms with Crippen LogP contribution in [-0.4, -0.2) is 47.1 Å². The molecule has 0 aliphatic carbocycles. The van der Waals surface area contributed by atoms with E-state index in [1.54, 1.807) is 13.8 Å². The van der Waals surface area contributed by atoms with Gasteiger partial charge in [-0.2, -0.15) is 4.31 Å². The second kappa shape index (κ2) is 8.25. The van der Waals surface area contributed by atoms with Gasteiger partial charge < -0.3 is 9.84 Å². The van der Waals surface area contributed by atoms with Gasteiger partial charge in [-0.1, -0.05) is 46.8 Å². The van der Waals surface area contributed by atoms with E-state index in [0.717, 1.165) is 5.56 Å². The average Bonchev–Trinajstić information content (AvgIpc) is 3.35. The zero-order valence-corrected chi connectivity index (χ0v) is 18.2. The molecule has 9 nitrogen and oxygen atoms in total. The molecule has 1 amide bonds. The van der Waals surface area contributed by atoms with Crippen molar-refractivity contribution in [3.05, 3.63) is 41.8 Å². The highest BCUT2D eigenvalue weighted by atomic mass is 32.2. The number of hydrogen-bond donors (Lipinski definition) is 1. The molecule has 1 unspecified atom stereocenters. The summed E-state index contributed by atoms with van der Waals surface area (Å²) in [5.74, 6) is -0.483. The van der Waals surface area contributed by atoms with Gasteiger partial charge in [0.2, 0.25) is 21.1 Å². The smallest absolute Gasteiger partial charge is 0.248 e. The third kappa shape index (κ3) is 4.00. The summed E-state index contributed by atoms with van der Waals surface area (Å²) >= 11 is 1.28. The van der Waals surface area contributed by atoms with Crippen molar-refractivity contribution in [3.63, 3.8) is 0 Å². The van der Waals surface area contributed by atoms with Gasteiger partial charge in [0.1, 0.15) is 15.6 Å². The highest BCUT2D eigenvalue weighted by Crippen LogP contribution is 2.30. The second-order valence-electron chi connectivity index (χ2n) is 7.12. The summed E-state index contributed by atoms with van der Waals surface area (Å²) in [7, 11) is -3.78. The van der Waals surface area contributed by atoms with Crippen LogP contribution in [0, 0.1) is 19.8 Å². The lowest BCUT2D eigenvalue weighted by atomic mass is 9.99. The van der Waals surface area contributed by atoms with Gasteiger partial charge in [-0.05, 0) is 26.7 Å². The Kier molecular flexibility index (Phi) is 5.67. The van der Waals surface area contributed by atoms with Gasteiger partial charge in [-0.15, -0.1) is 10.2 Å². The second-order valence-corrected chi connectivity index (χ2v) is 9.98. The molecule has 158 valence electrons. The molecule has 1 aromatic carbocycles. The van der Waals surface area contributed by atoms with E-state index in [1.165, 1.54) is 15.6 Å². The summed E-state index contributed by atoms with van der Waals surface area (Å²) in [6, 6.07) is 9.57. The quantitative estimate of drug-likeness (QED) is 0.639. The number of rotatable bonds is 5. The highest BCUT2D eigenvalue weighted by Gasteiger charge is 2.36. The fourth-order valence-electron chi connectivity index (χ4n) is 3.53. The standard InChI is InChI=1S/C19H21N5O4S2/c1-12-16(13(2)28-23-12)30(26,27)24-10-6-9-15(11-24)17(25)20-19-22-21-18(29-19)14-7-4-3-5-8-14/h3-5,7-8,15H,6,9-11H2,1-2H3,(H,20,22,25). The number of piperidine rings is 1. The Labute approximate surface area is 178 Å². The first-order valence-electron chi connectivity index (χ1n) is 9.49. The van der Waals surface area contributed by atoms with Crippen LogP contribution in [0.2, 0.25) is 0 Å². The van der Waals surface area contributed by atoms with Crippen molar-refractivity contribution in [1.29, 1.82) is 0 Å². The number of carbonyl (C=O) groups is 1. The maximum Gasteiger partial charge on any atom is 0.248 e. The predicted octanol–water partition coefficient (Wildman–Crippen LogP) is 2.85. The van der Waals surface area contributed by atoms with Crippen LogP contribution in [0.25, 0.3) is 10.6 Å². The summed E-state index contributed by atoms with van der Waals surface area (Å²) in [4.78, 5) is 12.9. The van der Waals surface area contributed by atoms with E-state index >= 15 is 0 Å². The Morgan fingerprint density at radius 1 is 1.23 bits per heavy atom. The minimum absolute atomic E-state index is 0.0835. The number of amides is 1. The van der Waals surface area contributed by atoms with Gasteiger partial charge in [-0.3, -0.25) is 4.79 Å². The zero-order chi connectivity index (χ0) is 21.3. The molecule has 0 radical (unpaired) electrons. The molecule has 1 aliphatic rings. The van der Waals surface area contributed by atoms with Gasteiger partial charge in [0.05, 0.1) is 5.92 Å². The lowest BCUT2D eigenvalue weighted by Gasteiger charge is -2.30. The van der Waals surface area contributed by atoms with E-state index in [0.29, 0.717) is 35.2 Å². The van der Waals surface area contributed by atoms with Crippen molar-refractivity contribution < 1.29 is 17.7 Å². The third-order valence-electron chi connectivity index (χ3n) is 5.00. The van der Waals surface area contributed by atoms with E-state index in [9.17, 15) is 13.2 Å². The SMILES string of the molecule is Cc1noc(C)c1S(=O)(=O)N1CCCC(C(=O)Nc2nnc(-c3ccccc3)s2)C1. The van der Waals surface area contributed by atoms with Crippen LogP contribution >= 0.6 is 11.3 Å². The maximum absolute atomic E-state index is 13.1. The fourth-order valence-corrected chi connectivity index (χ4v) is 6.09. The topological polar surface area (TPSA) is 118 Å². The van der Waals surface area contributed by atoms with Crippen LogP contribution in [0.3, 0.4) is 0 Å². The maximum atomic E-state index is 13.1. The van der Waals surface area contributed by atoms with E-state index in [4.69, 9.17) is 4.52 Å². The van der Waals surface area contributed by atoms with Gasteiger partial charge in [0.25, 0.3) is 0 Å². The summed E-state index contributed by atoms with van der Waals surface area (Å²) in [6.07, 6.45) is 1.19. The van der Waals surface area contributed by atoms with E-state index in [2.05, 4.69) is 20.7 Å². The molecule has 3 heterocycles. The molecular weight excluding hydrogens is 426 g/mol. The first-order valence-corrected chi connectivity index (χ1v) is 11.7. The zero-order valence-electron chi connectivity index (χ0n) is 16.5. The normalized spacial score (nSPS) is 17.7. The number of benzene rings is 1. The van der Waals surface area contributed by atoms with E-state index in [1.807, 2.05) is 30.3 Å². The van der Waals surface area contributed by atoms with Crippen molar-refractivity contribution in [1.82, 2.24) is 19.7 Å². The Bertz CT molecular complexity index is 1140. The molecule has 1 aliphatic heterocycles. The molecule has 0 bridgehead atoms. The first kappa shape index (κ1) is 20.6. The molecule has 2 aromatic heterocycles. The number of nitrogens with one attached hydrogen (secondary N) is 1. The molecule has 11 heteroatoms. The molecule has 1 fully saturated rings.